The van der Waals surface area contributed by atoms with Crippen molar-refractivity contribution in [3.05, 3.63) is 29.8 Å². The van der Waals surface area contributed by atoms with Gasteiger partial charge in [-0.25, -0.2) is 4.79 Å². The lowest BCUT2D eigenvalue weighted by Crippen LogP contribution is -2.54. The highest BCUT2D eigenvalue weighted by Gasteiger charge is 2.34. The van der Waals surface area contributed by atoms with E-state index in [1.54, 1.807) is 12.1 Å². The van der Waals surface area contributed by atoms with Gasteiger partial charge in [-0.15, -0.1) is 0 Å². The average molecular weight is 292 g/mol. The van der Waals surface area contributed by atoms with Gasteiger partial charge in [-0.2, -0.15) is 0 Å². The fraction of sp³-hybridized carbons (Fsp3) is 0.467. The number of hydrogen-bond acceptors (Lipinski definition) is 4. The maximum Gasteiger partial charge on any atom is 0.326 e. The van der Waals surface area contributed by atoms with E-state index in [9.17, 15) is 19.8 Å². The van der Waals surface area contributed by atoms with E-state index in [0.29, 0.717) is 19.4 Å². The fourth-order valence-corrected chi connectivity index (χ4v) is 2.64. The van der Waals surface area contributed by atoms with Crippen LogP contribution in [0.15, 0.2) is 24.3 Å². The predicted octanol–water partition coefficient (Wildman–Crippen LogP) is 0.728. The summed E-state index contributed by atoms with van der Waals surface area (Å²) in [6.07, 6.45) is 2.42. The summed E-state index contributed by atoms with van der Waals surface area (Å²) in [7, 11) is 0. The molecule has 114 valence electrons. The SMILES string of the molecule is NC(Cc1ccc(O)cc1)C(=O)N1CCCCC1C(=O)O. The molecule has 1 saturated heterocycles. The lowest BCUT2D eigenvalue weighted by Gasteiger charge is -2.34. The molecule has 0 aliphatic carbocycles. The van der Waals surface area contributed by atoms with E-state index in [-0.39, 0.29) is 11.7 Å². The third-order valence-electron chi connectivity index (χ3n) is 3.78. The summed E-state index contributed by atoms with van der Waals surface area (Å²) in [6.45, 7) is 0.444. The van der Waals surface area contributed by atoms with Gasteiger partial charge < -0.3 is 20.8 Å². The number of amides is 1. The zero-order valence-corrected chi connectivity index (χ0v) is 11.7. The molecule has 1 aliphatic rings. The Labute approximate surface area is 123 Å². The van der Waals surface area contributed by atoms with Crippen molar-refractivity contribution in [2.24, 2.45) is 5.73 Å². The number of piperidine rings is 1. The molecule has 1 aliphatic heterocycles. The van der Waals surface area contributed by atoms with E-state index in [1.165, 1.54) is 17.0 Å². The number of phenolic OH excluding ortho intramolecular Hbond substituents is 1. The molecule has 21 heavy (non-hydrogen) atoms. The Morgan fingerprint density at radius 2 is 1.95 bits per heavy atom. The van der Waals surface area contributed by atoms with Crippen LogP contribution in [0.2, 0.25) is 0 Å². The summed E-state index contributed by atoms with van der Waals surface area (Å²) in [5.74, 6) is -1.14. The van der Waals surface area contributed by atoms with Crippen LogP contribution in [0, 0.1) is 0 Å². The predicted molar refractivity (Wildman–Crippen MR) is 76.8 cm³/mol. The third-order valence-corrected chi connectivity index (χ3v) is 3.78. The number of likely N-dealkylation sites (tertiary alicyclic amines) is 1. The number of carbonyl (C=O) groups excluding carboxylic acids is 1. The molecule has 0 saturated carbocycles. The number of rotatable bonds is 4. The average Bonchev–Trinajstić information content (AvgIpc) is 2.48. The minimum Gasteiger partial charge on any atom is -0.508 e. The van der Waals surface area contributed by atoms with Gasteiger partial charge in [-0.3, -0.25) is 4.79 Å². The number of aliphatic carboxylic acids is 1. The molecule has 1 heterocycles. The monoisotopic (exact) mass is 292 g/mol. The molecule has 0 radical (unpaired) electrons. The van der Waals surface area contributed by atoms with Crippen molar-refractivity contribution < 1.29 is 19.8 Å². The molecule has 2 rings (SSSR count). The molecule has 0 spiro atoms. The van der Waals surface area contributed by atoms with E-state index in [0.717, 1.165) is 18.4 Å². The first-order chi connectivity index (χ1) is 9.99. The van der Waals surface area contributed by atoms with Crippen molar-refractivity contribution in [1.29, 1.82) is 0 Å². The topological polar surface area (TPSA) is 104 Å². The van der Waals surface area contributed by atoms with Gasteiger partial charge in [0.25, 0.3) is 0 Å². The molecular formula is C15H20N2O4. The van der Waals surface area contributed by atoms with Crippen LogP contribution in [0.3, 0.4) is 0 Å². The number of hydrogen-bond donors (Lipinski definition) is 3. The number of benzene rings is 1. The highest BCUT2D eigenvalue weighted by molar-refractivity contribution is 5.87. The van der Waals surface area contributed by atoms with Gasteiger partial charge in [-0.05, 0) is 43.4 Å². The minimum atomic E-state index is -0.972. The van der Waals surface area contributed by atoms with Crippen LogP contribution in [0.1, 0.15) is 24.8 Å². The van der Waals surface area contributed by atoms with Gasteiger partial charge in [-0.1, -0.05) is 12.1 Å². The zero-order chi connectivity index (χ0) is 15.4. The summed E-state index contributed by atoms with van der Waals surface area (Å²) in [6, 6.07) is 4.94. The van der Waals surface area contributed by atoms with Crippen molar-refractivity contribution in [1.82, 2.24) is 4.90 Å². The first kappa shape index (κ1) is 15.3. The first-order valence-electron chi connectivity index (χ1n) is 7.06. The number of phenols is 1. The lowest BCUT2D eigenvalue weighted by molar-refractivity contribution is -0.152. The highest BCUT2D eigenvalue weighted by atomic mass is 16.4. The second kappa shape index (κ2) is 6.58. The Bertz CT molecular complexity index is 515. The molecule has 2 atom stereocenters. The number of nitrogens with zero attached hydrogens (tertiary/aromatic N) is 1. The Hall–Kier alpha value is -2.08. The van der Waals surface area contributed by atoms with Gasteiger partial charge in [0.1, 0.15) is 11.8 Å². The molecule has 2 unspecified atom stereocenters. The summed E-state index contributed by atoms with van der Waals surface area (Å²) in [5.41, 5.74) is 6.76. The Balaban J connectivity index is 2.03. The van der Waals surface area contributed by atoms with Crippen molar-refractivity contribution in [3.8, 4) is 5.75 Å². The van der Waals surface area contributed by atoms with Gasteiger partial charge in [0.05, 0.1) is 6.04 Å². The molecule has 1 aromatic rings. The number of aromatic hydroxyl groups is 1. The normalized spacial score (nSPS) is 20.0. The molecule has 1 amide bonds. The minimum absolute atomic E-state index is 0.153. The fourth-order valence-electron chi connectivity index (χ4n) is 2.64. The van der Waals surface area contributed by atoms with Crippen LogP contribution < -0.4 is 5.73 Å². The molecule has 0 bridgehead atoms. The molecule has 6 nitrogen and oxygen atoms in total. The zero-order valence-electron chi connectivity index (χ0n) is 11.7. The number of carbonyl (C=O) groups is 2. The van der Waals surface area contributed by atoms with Crippen LogP contribution in [0.4, 0.5) is 0 Å². The van der Waals surface area contributed by atoms with Crippen LogP contribution in [0.5, 0.6) is 5.75 Å². The number of carboxylic acid groups (broad SMARTS) is 1. The van der Waals surface area contributed by atoms with Crippen molar-refractivity contribution in [2.75, 3.05) is 6.54 Å². The maximum absolute atomic E-state index is 12.4. The summed E-state index contributed by atoms with van der Waals surface area (Å²) in [4.78, 5) is 25.0. The molecule has 6 heteroatoms. The summed E-state index contributed by atoms with van der Waals surface area (Å²) in [5, 5.41) is 18.4. The number of nitrogens with two attached hydrogens (primary N) is 1. The van der Waals surface area contributed by atoms with Crippen LogP contribution in [-0.2, 0) is 16.0 Å². The van der Waals surface area contributed by atoms with E-state index in [1.807, 2.05) is 0 Å². The first-order valence-corrected chi connectivity index (χ1v) is 7.06. The summed E-state index contributed by atoms with van der Waals surface area (Å²) >= 11 is 0. The van der Waals surface area contributed by atoms with Crippen LogP contribution >= 0.6 is 0 Å². The highest BCUT2D eigenvalue weighted by Crippen LogP contribution is 2.19. The van der Waals surface area contributed by atoms with E-state index in [4.69, 9.17) is 5.73 Å². The van der Waals surface area contributed by atoms with E-state index in [2.05, 4.69) is 0 Å². The Kier molecular flexibility index (Phi) is 4.80. The lowest BCUT2D eigenvalue weighted by atomic mass is 9.99. The van der Waals surface area contributed by atoms with E-state index >= 15 is 0 Å². The molecule has 0 aromatic heterocycles. The Morgan fingerprint density at radius 1 is 1.29 bits per heavy atom. The van der Waals surface area contributed by atoms with Crippen molar-refractivity contribution >= 4 is 11.9 Å². The van der Waals surface area contributed by atoms with Crippen molar-refractivity contribution in [3.63, 3.8) is 0 Å². The smallest absolute Gasteiger partial charge is 0.326 e. The molecular weight excluding hydrogens is 272 g/mol. The second-order valence-electron chi connectivity index (χ2n) is 5.36. The maximum atomic E-state index is 12.4. The Morgan fingerprint density at radius 3 is 2.57 bits per heavy atom. The quantitative estimate of drug-likeness (QED) is 0.759. The van der Waals surface area contributed by atoms with Crippen LogP contribution in [-0.4, -0.2) is 45.6 Å². The molecule has 1 aromatic carbocycles. The van der Waals surface area contributed by atoms with E-state index < -0.39 is 18.1 Å². The second-order valence-corrected chi connectivity index (χ2v) is 5.36. The third kappa shape index (κ3) is 3.72. The van der Waals surface area contributed by atoms with Gasteiger partial charge in [0.15, 0.2) is 0 Å². The molecule has 1 fully saturated rings. The summed E-state index contributed by atoms with van der Waals surface area (Å²) < 4.78 is 0. The van der Waals surface area contributed by atoms with Gasteiger partial charge in [0, 0.05) is 6.54 Å². The molecule has 4 N–H and O–H groups in total. The standard InChI is InChI=1S/C15H20N2O4/c16-12(9-10-4-6-11(18)7-5-10)14(19)17-8-2-1-3-13(17)15(20)21/h4-7,12-13,18H,1-3,8-9,16H2,(H,20,21). The number of carboxylic acids is 1. The van der Waals surface area contributed by atoms with Gasteiger partial charge >= 0.3 is 5.97 Å². The van der Waals surface area contributed by atoms with Crippen molar-refractivity contribution in [2.45, 2.75) is 37.8 Å². The van der Waals surface area contributed by atoms with Gasteiger partial charge in [0.2, 0.25) is 5.91 Å². The largest absolute Gasteiger partial charge is 0.508 e. The van der Waals surface area contributed by atoms with Crippen LogP contribution in [0.25, 0.3) is 0 Å².